The fraction of sp³-hybridized carbons (Fsp3) is 0.667. The summed E-state index contributed by atoms with van der Waals surface area (Å²) in [6.07, 6.45) is 4.17. The Morgan fingerprint density at radius 3 is 2.53 bits per heavy atom. The zero-order valence-electron chi connectivity index (χ0n) is 21.8. The molecule has 3 rings (SSSR count). The van der Waals surface area contributed by atoms with Gasteiger partial charge in [-0.25, -0.2) is 0 Å². The third kappa shape index (κ3) is 7.43. The molecule has 1 spiro atoms. The molecule has 2 aliphatic heterocycles. The number of carbonyl (C=O) groups is 3. The Morgan fingerprint density at radius 2 is 1.89 bits per heavy atom. The number of rotatable bonds is 12. The van der Waals surface area contributed by atoms with Crippen molar-refractivity contribution in [2.75, 3.05) is 19.6 Å². The van der Waals surface area contributed by atoms with E-state index >= 15 is 0 Å². The van der Waals surface area contributed by atoms with Crippen LogP contribution in [-0.4, -0.2) is 71.1 Å². The van der Waals surface area contributed by atoms with Gasteiger partial charge in [0.25, 0.3) is 0 Å². The van der Waals surface area contributed by atoms with Crippen LogP contribution in [0.4, 0.5) is 0 Å². The van der Waals surface area contributed by atoms with Gasteiger partial charge < -0.3 is 26.0 Å². The summed E-state index contributed by atoms with van der Waals surface area (Å²) in [6, 6.07) is 8.46. The van der Waals surface area contributed by atoms with Crippen LogP contribution < -0.4 is 16.0 Å². The Morgan fingerprint density at radius 1 is 1.17 bits per heavy atom. The Bertz CT molecular complexity index is 863. The number of nitrogens with one attached hydrogen (secondary N) is 3. The third-order valence-electron chi connectivity index (χ3n) is 7.50. The van der Waals surface area contributed by atoms with Gasteiger partial charge in [-0.2, -0.15) is 0 Å². The standard InChI is InChI=1S/C27H42N4O4.ClH/c1-4-5-14-28-24(33)19(2)17-23(32)22(18-21-10-7-6-8-11-21)30-25(34)20(3)31-16-13-27(26(31)35)12-9-15-29-27;/h6-8,10-11,19-20,22-23,29,32H,4-5,9,12-18H2,1-3H3,(H,28,33)(H,30,34);1H/t19-,20+,22+,23+,27-;/m1./s1. The van der Waals surface area contributed by atoms with Crippen LogP contribution in [0, 0.1) is 5.92 Å². The van der Waals surface area contributed by atoms with Gasteiger partial charge in [-0.05, 0) is 57.6 Å². The van der Waals surface area contributed by atoms with Gasteiger partial charge in [-0.1, -0.05) is 50.6 Å². The molecule has 5 atom stereocenters. The Kier molecular flexibility index (Phi) is 11.7. The second-order valence-corrected chi connectivity index (χ2v) is 10.2. The van der Waals surface area contributed by atoms with Crippen molar-refractivity contribution < 1.29 is 19.5 Å². The van der Waals surface area contributed by atoms with Crippen LogP contribution in [0.5, 0.6) is 0 Å². The number of halogens is 1. The molecule has 0 aliphatic carbocycles. The van der Waals surface area contributed by atoms with Crippen LogP contribution in [0.3, 0.4) is 0 Å². The van der Waals surface area contributed by atoms with Gasteiger partial charge >= 0.3 is 0 Å². The highest BCUT2D eigenvalue weighted by atomic mass is 35.5. The van der Waals surface area contributed by atoms with E-state index in [1.165, 1.54) is 0 Å². The normalized spacial score (nSPS) is 22.6. The highest BCUT2D eigenvalue weighted by Crippen LogP contribution is 2.32. The first-order chi connectivity index (χ1) is 16.8. The summed E-state index contributed by atoms with van der Waals surface area (Å²) in [6.45, 7) is 7.61. The molecule has 0 bridgehead atoms. The molecule has 0 saturated carbocycles. The quantitative estimate of drug-likeness (QED) is 0.314. The first-order valence-electron chi connectivity index (χ1n) is 13.1. The lowest BCUT2D eigenvalue weighted by Gasteiger charge is -2.31. The smallest absolute Gasteiger partial charge is 0.243 e. The monoisotopic (exact) mass is 522 g/mol. The minimum absolute atomic E-state index is 0. The zero-order chi connectivity index (χ0) is 25.4. The number of aliphatic hydroxyl groups is 1. The molecule has 1 aromatic rings. The number of amides is 3. The summed E-state index contributed by atoms with van der Waals surface area (Å²) in [5, 5.41) is 20.4. The molecule has 4 N–H and O–H groups in total. The molecule has 8 nitrogen and oxygen atoms in total. The van der Waals surface area contributed by atoms with E-state index in [0.717, 1.165) is 37.8 Å². The van der Waals surface area contributed by atoms with Crippen molar-refractivity contribution in [1.29, 1.82) is 0 Å². The molecule has 2 heterocycles. The fourth-order valence-electron chi connectivity index (χ4n) is 5.16. The summed E-state index contributed by atoms with van der Waals surface area (Å²) >= 11 is 0. The summed E-state index contributed by atoms with van der Waals surface area (Å²) in [4.78, 5) is 40.5. The number of aliphatic hydroxyl groups excluding tert-OH is 1. The molecule has 2 saturated heterocycles. The average Bonchev–Trinajstić information content (AvgIpc) is 3.46. The molecule has 3 amide bonds. The van der Waals surface area contributed by atoms with Crippen molar-refractivity contribution in [2.24, 2.45) is 5.92 Å². The van der Waals surface area contributed by atoms with Gasteiger partial charge in [-0.15, -0.1) is 12.4 Å². The molecule has 202 valence electrons. The van der Waals surface area contributed by atoms with Gasteiger partial charge in [0.05, 0.1) is 17.7 Å². The van der Waals surface area contributed by atoms with Crippen LogP contribution in [0.25, 0.3) is 0 Å². The number of benzene rings is 1. The largest absolute Gasteiger partial charge is 0.391 e. The van der Waals surface area contributed by atoms with Crippen LogP contribution in [0.15, 0.2) is 30.3 Å². The van der Waals surface area contributed by atoms with Crippen molar-refractivity contribution in [3.63, 3.8) is 0 Å². The lowest BCUT2D eigenvalue weighted by Crippen LogP contribution is -2.55. The second kappa shape index (κ2) is 14.0. The maximum atomic E-state index is 13.3. The van der Waals surface area contributed by atoms with E-state index in [0.29, 0.717) is 25.9 Å². The van der Waals surface area contributed by atoms with E-state index in [1.807, 2.05) is 30.3 Å². The Labute approximate surface area is 221 Å². The van der Waals surface area contributed by atoms with Crippen LogP contribution >= 0.6 is 12.4 Å². The molecule has 0 radical (unpaired) electrons. The Balaban J connectivity index is 0.00000456. The zero-order valence-corrected chi connectivity index (χ0v) is 22.6. The lowest BCUT2D eigenvalue weighted by atomic mass is 9.93. The predicted octanol–water partition coefficient (Wildman–Crippen LogP) is 2.18. The van der Waals surface area contributed by atoms with Crippen molar-refractivity contribution in [2.45, 2.75) is 89.4 Å². The number of nitrogens with zero attached hydrogens (tertiary/aromatic N) is 1. The van der Waals surface area contributed by atoms with Crippen LogP contribution in [0.2, 0.25) is 0 Å². The number of unbranched alkanes of at least 4 members (excludes halogenated alkanes) is 1. The minimum atomic E-state index is -0.907. The molecular weight excluding hydrogens is 480 g/mol. The lowest BCUT2D eigenvalue weighted by molar-refractivity contribution is -0.140. The highest BCUT2D eigenvalue weighted by Gasteiger charge is 2.50. The summed E-state index contributed by atoms with van der Waals surface area (Å²) in [5.41, 5.74) is 0.467. The summed E-state index contributed by atoms with van der Waals surface area (Å²) < 4.78 is 0. The van der Waals surface area contributed by atoms with Gasteiger partial charge in [0.1, 0.15) is 6.04 Å². The first kappa shape index (κ1) is 30.1. The maximum absolute atomic E-state index is 13.3. The van der Waals surface area contributed by atoms with Gasteiger partial charge in [0, 0.05) is 19.0 Å². The second-order valence-electron chi connectivity index (χ2n) is 10.2. The van der Waals surface area contributed by atoms with Crippen molar-refractivity contribution in [3.8, 4) is 0 Å². The molecule has 1 aromatic carbocycles. The number of likely N-dealkylation sites (tertiary alicyclic amines) is 1. The van der Waals surface area contributed by atoms with Crippen LogP contribution in [-0.2, 0) is 20.8 Å². The number of carbonyl (C=O) groups excluding carboxylic acids is 3. The van der Waals surface area contributed by atoms with Gasteiger partial charge in [0.2, 0.25) is 17.7 Å². The van der Waals surface area contributed by atoms with E-state index in [2.05, 4.69) is 22.9 Å². The number of hydrogen-bond acceptors (Lipinski definition) is 5. The number of hydrogen-bond donors (Lipinski definition) is 4. The first-order valence-corrected chi connectivity index (χ1v) is 13.1. The minimum Gasteiger partial charge on any atom is -0.391 e. The van der Waals surface area contributed by atoms with Gasteiger partial charge in [0.15, 0.2) is 0 Å². The average molecular weight is 523 g/mol. The summed E-state index contributed by atoms with van der Waals surface area (Å²) in [7, 11) is 0. The molecule has 36 heavy (non-hydrogen) atoms. The highest BCUT2D eigenvalue weighted by molar-refractivity contribution is 5.94. The van der Waals surface area contributed by atoms with E-state index in [4.69, 9.17) is 0 Å². The van der Waals surface area contributed by atoms with Crippen molar-refractivity contribution in [1.82, 2.24) is 20.9 Å². The third-order valence-corrected chi connectivity index (χ3v) is 7.50. The van der Waals surface area contributed by atoms with Crippen LogP contribution in [0.1, 0.15) is 64.9 Å². The fourth-order valence-corrected chi connectivity index (χ4v) is 5.16. The molecule has 0 aromatic heterocycles. The van der Waals surface area contributed by atoms with E-state index in [1.54, 1.807) is 18.7 Å². The van der Waals surface area contributed by atoms with E-state index < -0.39 is 23.7 Å². The van der Waals surface area contributed by atoms with E-state index in [9.17, 15) is 19.5 Å². The van der Waals surface area contributed by atoms with Gasteiger partial charge in [-0.3, -0.25) is 14.4 Å². The van der Waals surface area contributed by atoms with Crippen molar-refractivity contribution in [3.05, 3.63) is 35.9 Å². The molecule has 0 unspecified atom stereocenters. The summed E-state index contributed by atoms with van der Waals surface area (Å²) in [5.74, 6) is -0.765. The topological polar surface area (TPSA) is 111 Å². The molecular formula is C27H43ClN4O4. The van der Waals surface area contributed by atoms with E-state index in [-0.39, 0.29) is 42.5 Å². The molecule has 2 aliphatic rings. The SMILES string of the molecule is CCCCNC(=O)[C@H](C)C[C@H](O)[C@H](Cc1ccccc1)NC(=O)[C@H](C)N1CC[C@]2(CCCN2)C1=O.Cl. The van der Waals surface area contributed by atoms with Crippen molar-refractivity contribution >= 4 is 30.1 Å². The molecule has 2 fully saturated rings. The molecule has 9 heteroatoms. The maximum Gasteiger partial charge on any atom is 0.243 e. The Hall–Kier alpha value is -2.16. The predicted molar refractivity (Wildman–Crippen MR) is 143 cm³/mol.